The molecule has 0 unspecified atom stereocenters. The van der Waals surface area contributed by atoms with Gasteiger partial charge in [-0.3, -0.25) is 0 Å². The molecule has 2 aromatic rings. The number of aliphatic carboxylic acids is 1. The Hall–Kier alpha value is -2.35. The molecular weight excluding hydrogens is 224 g/mol. The normalized spacial score (nSPS) is 10.7. The lowest BCUT2D eigenvalue weighted by Crippen LogP contribution is -1.86. The van der Waals surface area contributed by atoms with Gasteiger partial charge in [-0.25, -0.2) is 4.79 Å². The molecular formula is C16H13O2. The molecule has 0 aromatic heterocycles. The fourth-order valence-corrected chi connectivity index (χ4v) is 1.78. The van der Waals surface area contributed by atoms with Crippen LogP contribution in [-0.4, -0.2) is 11.1 Å². The van der Waals surface area contributed by atoms with Gasteiger partial charge in [-0.05, 0) is 41.3 Å². The first kappa shape index (κ1) is 12.1. The van der Waals surface area contributed by atoms with Gasteiger partial charge in [-0.1, -0.05) is 42.5 Å². The molecule has 0 aliphatic carbocycles. The molecule has 0 fully saturated rings. The zero-order valence-corrected chi connectivity index (χ0v) is 9.84. The van der Waals surface area contributed by atoms with Crippen molar-refractivity contribution in [2.24, 2.45) is 0 Å². The van der Waals surface area contributed by atoms with E-state index in [1.165, 1.54) is 0 Å². The minimum absolute atomic E-state index is 0.859. The summed E-state index contributed by atoms with van der Waals surface area (Å²) in [5, 5.41) is 8.61. The summed E-state index contributed by atoms with van der Waals surface area (Å²) in [4.78, 5) is 10.5. The van der Waals surface area contributed by atoms with E-state index in [-0.39, 0.29) is 0 Å². The zero-order valence-electron chi connectivity index (χ0n) is 9.84. The molecule has 0 aliphatic rings. The molecule has 0 heterocycles. The highest BCUT2D eigenvalue weighted by molar-refractivity contribution is 5.85. The summed E-state index contributed by atoms with van der Waals surface area (Å²) in [5.41, 5.74) is 3.91. The molecule has 0 aliphatic heterocycles. The standard InChI is InChI=1S/C16H13O2/c1-12-5-2-3-8-15(12)14-7-4-6-13(11-14)9-10-16(17)18/h2-11H,1H2,(H,17,18). The lowest BCUT2D eigenvalue weighted by molar-refractivity contribution is -0.131. The highest BCUT2D eigenvalue weighted by Crippen LogP contribution is 2.24. The summed E-state index contributed by atoms with van der Waals surface area (Å²) in [6.45, 7) is 3.99. The molecule has 0 bridgehead atoms. The Morgan fingerprint density at radius 3 is 2.61 bits per heavy atom. The van der Waals surface area contributed by atoms with E-state index < -0.39 is 5.97 Å². The average Bonchev–Trinajstić information content (AvgIpc) is 2.37. The summed E-state index contributed by atoms with van der Waals surface area (Å²) in [6, 6.07) is 15.6. The van der Waals surface area contributed by atoms with E-state index in [2.05, 4.69) is 6.92 Å². The van der Waals surface area contributed by atoms with Crippen LogP contribution in [0.1, 0.15) is 11.1 Å². The Morgan fingerprint density at radius 2 is 1.89 bits per heavy atom. The van der Waals surface area contributed by atoms with Crippen molar-refractivity contribution in [1.29, 1.82) is 0 Å². The SMILES string of the molecule is [CH2]c1ccccc1-c1cccc(C=CC(=O)O)c1. The summed E-state index contributed by atoms with van der Waals surface area (Å²) in [6.07, 6.45) is 2.72. The van der Waals surface area contributed by atoms with E-state index in [0.717, 1.165) is 28.3 Å². The van der Waals surface area contributed by atoms with Gasteiger partial charge < -0.3 is 5.11 Å². The largest absolute Gasteiger partial charge is 0.478 e. The topological polar surface area (TPSA) is 37.3 Å². The monoisotopic (exact) mass is 237 g/mol. The Bertz CT molecular complexity index is 598. The van der Waals surface area contributed by atoms with Gasteiger partial charge in [-0.15, -0.1) is 0 Å². The fraction of sp³-hybridized carbons (Fsp3) is 0. The summed E-state index contributed by atoms with van der Waals surface area (Å²) in [7, 11) is 0. The van der Waals surface area contributed by atoms with Crippen LogP contribution in [0.15, 0.2) is 54.6 Å². The number of carbonyl (C=O) groups is 1. The molecule has 18 heavy (non-hydrogen) atoms. The molecule has 0 atom stereocenters. The predicted octanol–water partition coefficient (Wildman–Crippen LogP) is 3.63. The molecule has 1 N–H and O–H groups in total. The Labute approximate surface area is 106 Å². The second-order valence-corrected chi connectivity index (χ2v) is 3.95. The predicted molar refractivity (Wildman–Crippen MR) is 73.0 cm³/mol. The summed E-state index contributed by atoms with van der Waals surface area (Å²) in [5.74, 6) is -0.946. The minimum Gasteiger partial charge on any atom is -0.478 e. The first-order valence-electron chi connectivity index (χ1n) is 5.59. The van der Waals surface area contributed by atoms with Crippen LogP contribution < -0.4 is 0 Å². The van der Waals surface area contributed by atoms with Crippen molar-refractivity contribution in [2.75, 3.05) is 0 Å². The molecule has 1 radical (unpaired) electrons. The maximum absolute atomic E-state index is 10.5. The van der Waals surface area contributed by atoms with E-state index >= 15 is 0 Å². The van der Waals surface area contributed by atoms with E-state index in [4.69, 9.17) is 5.11 Å². The van der Waals surface area contributed by atoms with Crippen molar-refractivity contribution >= 4 is 12.0 Å². The Kier molecular flexibility index (Phi) is 3.58. The first-order chi connectivity index (χ1) is 8.66. The zero-order chi connectivity index (χ0) is 13.0. The number of rotatable bonds is 3. The van der Waals surface area contributed by atoms with Crippen LogP contribution in [-0.2, 0) is 4.79 Å². The van der Waals surface area contributed by atoms with Gasteiger partial charge in [0.15, 0.2) is 0 Å². The van der Waals surface area contributed by atoms with Crippen LogP contribution >= 0.6 is 0 Å². The van der Waals surface area contributed by atoms with Crippen molar-refractivity contribution in [1.82, 2.24) is 0 Å². The number of benzene rings is 2. The number of carboxylic acids is 1. The van der Waals surface area contributed by atoms with Crippen LogP contribution in [0.5, 0.6) is 0 Å². The third kappa shape index (κ3) is 2.86. The van der Waals surface area contributed by atoms with Crippen LogP contribution in [0.25, 0.3) is 17.2 Å². The Morgan fingerprint density at radius 1 is 1.11 bits per heavy atom. The molecule has 2 rings (SSSR count). The van der Waals surface area contributed by atoms with Crippen molar-refractivity contribution in [3.63, 3.8) is 0 Å². The van der Waals surface area contributed by atoms with Crippen molar-refractivity contribution < 1.29 is 9.90 Å². The van der Waals surface area contributed by atoms with Crippen molar-refractivity contribution in [3.8, 4) is 11.1 Å². The van der Waals surface area contributed by atoms with Crippen molar-refractivity contribution in [2.45, 2.75) is 0 Å². The molecule has 2 heteroatoms. The van der Waals surface area contributed by atoms with Gasteiger partial charge in [0.1, 0.15) is 0 Å². The number of hydrogen-bond acceptors (Lipinski definition) is 1. The second-order valence-electron chi connectivity index (χ2n) is 3.95. The number of carboxylic acid groups (broad SMARTS) is 1. The molecule has 0 spiro atoms. The lowest BCUT2D eigenvalue weighted by atomic mass is 9.99. The molecule has 89 valence electrons. The number of hydrogen-bond donors (Lipinski definition) is 1. The second kappa shape index (κ2) is 5.32. The maximum atomic E-state index is 10.5. The summed E-state index contributed by atoms with van der Waals surface area (Å²) >= 11 is 0. The summed E-state index contributed by atoms with van der Waals surface area (Å²) < 4.78 is 0. The molecule has 2 nitrogen and oxygen atoms in total. The van der Waals surface area contributed by atoms with E-state index in [0.29, 0.717) is 0 Å². The van der Waals surface area contributed by atoms with E-state index in [1.54, 1.807) is 6.08 Å². The first-order valence-corrected chi connectivity index (χ1v) is 5.59. The maximum Gasteiger partial charge on any atom is 0.328 e. The molecule has 2 aromatic carbocycles. The van der Waals surface area contributed by atoms with Crippen molar-refractivity contribution in [3.05, 3.63) is 72.7 Å². The Balaban J connectivity index is 2.39. The van der Waals surface area contributed by atoms with E-state index in [1.807, 2.05) is 48.5 Å². The highest BCUT2D eigenvalue weighted by Gasteiger charge is 2.01. The van der Waals surface area contributed by atoms with Gasteiger partial charge in [0.05, 0.1) is 0 Å². The third-order valence-electron chi connectivity index (χ3n) is 2.63. The molecule has 0 saturated carbocycles. The highest BCUT2D eigenvalue weighted by atomic mass is 16.4. The van der Waals surface area contributed by atoms with Gasteiger partial charge in [0, 0.05) is 6.08 Å². The van der Waals surface area contributed by atoms with Crippen LogP contribution in [0.3, 0.4) is 0 Å². The van der Waals surface area contributed by atoms with Gasteiger partial charge in [-0.2, -0.15) is 0 Å². The average molecular weight is 237 g/mol. The molecule has 0 amide bonds. The van der Waals surface area contributed by atoms with Gasteiger partial charge >= 0.3 is 5.97 Å². The molecule has 0 saturated heterocycles. The third-order valence-corrected chi connectivity index (χ3v) is 2.63. The van der Waals surface area contributed by atoms with Crippen LogP contribution in [0, 0.1) is 6.92 Å². The lowest BCUT2D eigenvalue weighted by Gasteiger charge is -2.06. The van der Waals surface area contributed by atoms with Crippen LogP contribution in [0.4, 0.5) is 0 Å². The quantitative estimate of drug-likeness (QED) is 0.827. The smallest absolute Gasteiger partial charge is 0.328 e. The fourth-order valence-electron chi connectivity index (χ4n) is 1.78. The van der Waals surface area contributed by atoms with Gasteiger partial charge in [0.2, 0.25) is 0 Å². The van der Waals surface area contributed by atoms with Crippen LogP contribution in [0.2, 0.25) is 0 Å². The minimum atomic E-state index is -0.946. The van der Waals surface area contributed by atoms with Gasteiger partial charge in [0.25, 0.3) is 0 Å². The van der Waals surface area contributed by atoms with E-state index in [9.17, 15) is 4.79 Å².